The molecule has 2 rings (SSSR count). The quantitative estimate of drug-likeness (QED) is 0.787. The number of methoxy groups -OCH3 is 1. The van der Waals surface area contributed by atoms with E-state index in [1.54, 1.807) is 26.0 Å². The molecular weight excluding hydrogens is 395 g/mol. The molecule has 106 valence electrons. The molecule has 2 aromatic rings. The number of nitrogens with one attached hydrogen (secondary N) is 1. The molecule has 0 saturated heterocycles. The second-order valence-corrected chi connectivity index (χ2v) is 5.69. The molecule has 0 unspecified atom stereocenters. The molecule has 5 nitrogen and oxygen atoms in total. The number of hydrogen-bond donors (Lipinski definition) is 1. The third-order valence-electron chi connectivity index (χ3n) is 2.76. The van der Waals surface area contributed by atoms with Crippen LogP contribution in [0.2, 0.25) is 5.02 Å². The molecule has 20 heavy (non-hydrogen) atoms. The predicted octanol–water partition coefficient (Wildman–Crippen LogP) is 3.81. The number of carbonyl (C=O) groups is 1. The maximum absolute atomic E-state index is 12.3. The minimum atomic E-state index is -0.324. The van der Waals surface area contributed by atoms with Crippen LogP contribution in [-0.2, 0) is 0 Å². The average Bonchev–Trinajstić information content (AvgIpc) is 2.73. The van der Waals surface area contributed by atoms with E-state index in [-0.39, 0.29) is 5.91 Å². The van der Waals surface area contributed by atoms with Crippen molar-refractivity contribution in [2.75, 3.05) is 12.4 Å². The average molecular weight is 407 g/mol. The first-order valence-electron chi connectivity index (χ1n) is 5.71. The van der Waals surface area contributed by atoms with Crippen molar-refractivity contribution in [2.45, 2.75) is 13.8 Å². The fourth-order valence-electron chi connectivity index (χ4n) is 1.72. The second-order valence-electron chi connectivity index (χ2n) is 4.12. The van der Waals surface area contributed by atoms with Crippen LogP contribution in [0.15, 0.2) is 16.7 Å². The highest BCUT2D eigenvalue weighted by molar-refractivity contribution is 14.1. The number of carbonyl (C=O) groups excluding carboxylic acids is 1. The van der Waals surface area contributed by atoms with Crippen molar-refractivity contribution in [3.8, 4) is 5.75 Å². The van der Waals surface area contributed by atoms with Gasteiger partial charge < -0.3 is 14.6 Å². The zero-order valence-electron chi connectivity index (χ0n) is 11.1. The van der Waals surface area contributed by atoms with E-state index in [9.17, 15) is 4.79 Å². The summed E-state index contributed by atoms with van der Waals surface area (Å²) in [4.78, 5) is 12.3. The van der Waals surface area contributed by atoms with E-state index < -0.39 is 0 Å². The summed E-state index contributed by atoms with van der Waals surface area (Å²) in [5.41, 5.74) is 1.54. The third kappa shape index (κ3) is 2.90. The maximum atomic E-state index is 12.3. The molecule has 0 saturated carbocycles. The molecule has 0 aliphatic heterocycles. The molecule has 1 amide bonds. The van der Waals surface area contributed by atoms with Gasteiger partial charge in [0.2, 0.25) is 0 Å². The Morgan fingerprint density at radius 1 is 1.45 bits per heavy atom. The van der Waals surface area contributed by atoms with Crippen LogP contribution in [0.3, 0.4) is 0 Å². The number of nitrogens with zero attached hydrogens (tertiary/aromatic N) is 1. The Hall–Kier alpha value is -1.28. The lowest BCUT2D eigenvalue weighted by Gasteiger charge is -2.10. The standard InChI is InChI=1S/C13H12ClIN2O3/c1-6-12(7(2)20-17-6)16-13(18)8-4-9(14)10(15)5-11(8)19-3/h4-5H,1-3H3,(H,16,18). The molecule has 0 aliphatic carbocycles. The van der Waals surface area contributed by atoms with Crippen molar-refractivity contribution >= 4 is 45.8 Å². The van der Waals surface area contributed by atoms with Crippen molar-refractivity contribution < 1.29 is 14.1 Å². The van der Waals surface area contributed by atoms with Crippen molar-refractivity contribution in [1.29, 1.82) is 0 Å². The number of hydrogen-bond acceptors (Lipinski definition) is 4. The van der Waals surface area contributed by atoms with E-state index in [0.29, 0.717) is 33.5 Å². The van der Waals surface area contributed by atoms with Gasteiger partial charge in [-0.15, -0.1) is 0 Å². The van der Waals surface area contributed by atoms with Crippen LogP contribution in [0, 0.1) is 17.4 Å². The molecule has 0 fully saturated rings. The minimum absolute atomic E-state index is 0.324. The highest BCUT2D eigenvalue weighted by Gasteiger charge is 2.18. The summed E-state index contributed by atoms with van der Waals surface area (Å²) in [6.07, 6.45) is 0. The van der Waals surface area contributed by atoms with Gasteiger partial charge in [0.25, 0.3) is 5.91 Å². The summed E-state index contributed by atoms with van der Waals surface area (Å²) < 4.78 is 11.0. The van der Waals surface area contributed by atoms with Gasteiger partial charge in [0.15, 0.2) is 5.76 Å². The van der Waals surface area contributed by atoms with Gasteiger partial charge in [0, 0.05) is 3.57 Å². The smallest absolute Gasteiger partial charge is 0.259 e. The highest BCUT2D eigenvalue weighted by Crippen LogP contribution is 2.29. The number of aryl methyl sites for hydroxylation is 2. The van der Waals surface area contributed by atoms with Gasteiger partial charge in [-0.2, -0.15) is 0 Å². The van der Waals surface area contributed by atoms with Crippen LogP contribution in [-0.4, -0.2) is 18.2 Å². The summed E-state index contributed by atoms with van der Waals surface area (Å²) >= 11 is 8.14. The van der Waals surface area contributed by atoms with Crippen LogP contribution in [0.5, 0.6) is 5.75 Å². The molecule has 0 radical (unpaired) electrons. The summed E-state index contributed by atoms with van der Waals surface area (Å²) in [6, 6.07) is 3.29. The lowest BCUT2D eigenvalue weighted by Crippen LogP contribution is -2.14. The first-order valence-corrected chi connectivity index (χ1v) is 7.17. The van der Waals surface area contributed by atoms with Gasteiger partial charge >= 0.3 is 0 Å². The Morgan fingerprint density at radius 3 is 2.70 bits per heavy atom. The highest BCUT2D eigenvalue weighted by atomic mass is 127. The zero-order valence-corrected chi connectivity index (χ0v) is 14.0. The van der Waals surface area contributed by atoms with Gasteiger partial charge in [0.05, 0.1) is 17.7 Å². The van der Waals surface area contributed by atoms with E-state index in [1.165, 1.54) is 7.11 Å². The number of ether oxygens (including phenoxy) is 1. The first-order chi connectivity index (χ1) is 9.43. The van der Waals surface area contributed by atoms with Crippen LogP contribution in [0.25, 0.3) is 0 Å². The predicted molar refractivity (Wildman–Crippen MR) is 84.7 cm³/mol. The summed E-state index contributed by atoms with van der Waals surface area (Å²) in [5, 5.41) is 7.04. The molecule has 1 heterocycles. The lowest BCUT2D eigenvalue weighted by molar-refractivity contribution is 0.102. The van der Waals surface area contributed by atoms with E-state index in [1.807, 2.05) is 0 Å². The van der Waals surface area contributed by atoms with Gasteiger partial charge in [-0.3, -0.25) is 4.79 Å². The number of benzene rings is 1. The summed E-state index contributed by atoms with van der Waals surface area (Å²) in [6.45, 7) is 3.48. The maximum Gasteiger partial charge on any atom is 0.259 e. The topological polar surface area (TPSA) is 64.4 Å². The van der Waals surface area contributed by atoms with Crippen LogP contribution >= 0.6 is 34.2 Å². The molecule has 1 N–H and O–H groups in total. The molecular formula is C13H12ClIN2O3. The molecule has 0 aliphatic rings. The van der Waals surface area contributed by atoms with Gasteiger partial charge in [0.1, 0.15) is 17.1 Å². The Morgan fingerprint density at radius 2 is 2.15 bits per heavy atom. The first kappa shape index (κ1) is 15.1. The Balaban J connectivity index is 2.37. The molecule has 0 spiro atoms. The van der Waals surface area contributed by atoms with Crippen molar-refractivity contribution in [3.63, 3.8) is 0 Å². The lowest BCUT2D eigenvalue weighted by atomic mass is 10.1. The largest absolute Gasteiger partial charge is 0.496 e. The molecule has 1 aromatic heterocycles. The van der Waals surface area contributed by atoms with E-state index in [0.717, 1.165) is 3.57 Å². The van der Waals surface area contributed by atoms with Crippen LogP contribution < -0.4 is 10.1 Å². The zero-order chi connectivity index (χ0) is 14.9. The molecule has 1 aromatic carbocycles. The SMILES string of the molecule is COc1cc(I)c(Cl)cc1C(=O)Nc1c(C)noc1C. The van der Waals surface area contributed by atoms with Crippen LogP contribution in [0.4, 0.5) is 5.69 Å². The monoisotopic (exact) mass is 406 g/mol. The van der Waals surface area contributed by atoms with Gasteiger partial charge in [-0.25, -0.2) is 0 Å². The molecule has 0 bridgehead atoms. The van der Waals surface area contributed by atoms with Crippen molar-refractivity contribution in [2.24, 2.45) is 0 Å². The number of amides is 1. The van der Waals surface area contributed by atoms with Crippen molar-refractivity contribution in [1.82, 2.24) is 5.16 Å². The second kappa shape index (κ2) is 6.01. The van der Waals surface area contributed by atoms with E-state index >= 15 is 0 Å². The van der Waals surface area contributed by atoms with Gasteiger partial charge in [-0.05, 0) is 48.6 Å². The summed E-state index contributed by atoms with van der Waals surface area (Å²) in [7, 11) is 1.51. The third-order valence-corrected chi connectivity index (χ3v) is 4.28. The number of rotatable bonds is 3. The number of anilines is 1. The fraction of sp³-hybridized carbons (Fsp3) is 0.231. The number of aromatic nitrogens is 1. The van der Waals surface area contributed by atoms with E-state index in [4.69, 9.17) is 20.9 Å². The molecule has 0 atom stereocenters. The Labute approximate surface area is 134 Å². The summed E-state index contributed by atoms with van der Waals surface area (Å²) in [5.74, 6) is 0.684. The van der Waals surface area contributed by atoms with E-state index in [2.05, 4.69) is 33.1 Å². The number of halogens is 2. The minimum Gasteiger partial charge on any atom is -0.496 e. The molecule has 7 heteroatoms. The fourth-order valence-corrected chi connectivity index (χ4v) is 2.32. The van der Waals surface area contributed by atoms with Gasteiger partial charge in [-0.1, -0.05) is 16.8 Å². The Kier molecular flexibility index (Phi) is 4.54. The normalized spacial score (nSPS) is 10.4. The van der Waals surface area contributed by atoms with Crippen LogP contribution in [0.1, 0.15) is 21.8 Å². The Bertz CT molecular complexity index is 650. The van der Waals surface area contributed by atoms with Crippen molar-refractivity contribution in [3.05, 3.63) is 37.7 Å².